The SMILES string of the molecule is CCNC(=NCC(=O)NCCOC)N1CCN(CC(=O)N2CCOCC2)CC1. The number of nitrogens with zero attached hydrogens (tertiary/aromatic N) is 4. The normalized spacial score (nSPS) is 18.9. The number of amides is 2. The Labute approximate surface area is 167 Å². The van der Waals surface area contributed by atoms with E-state index in [1.54, 1.807) is 7.11 Å². The summed E-state index contributed by atoms with van der Waals surface area (Å²) < 4.78 is 10.2. The molecule has 2 aliphatic heterocycles. The molecule has 0 aliphatic carbocycles. The van der Waals surface area contributed by atoms with Crippen molar-refractivity contribution in [1.29, 1.82) is 0 Å². The van der Waals surface area contributed by atoms with Crippen molar-refractivity contribution in [2.24, 2.45) is 4.99 Å². The summed E-state index contributed by atoms with van der Waals surface area (Å²) in [6.07, 6.45) is 0. The van der Waals surface area contributed by atoms with E-state index in [1.807, 2.05) is 11.8 Å². The van der Waals surface area contributed by atoms with E-state index in [2.05, 4.69) is 25.4 Å². The molecule has 10 heteroatoms. The van der Waals surface area contributed by atoms with Crippen LogP contribution in [0.5, 0.6) is 0 Å². The second-order valence-corrected chi connectivity index (χ2v) is 6.77. The number of morpholine rings is 1. The number of aliphatic imine (C=N–C) groups is 1. The minimum Gasteiger partial charge on any atom is -0.383 e. The van der Waals surface area contributed by atoms with Gasteiger partial charge in [-0.1, -0.05) is 0 Å². The predicted octanol–water partition coefficient (Wildman–Crippen LogP) is -1.81. The lowest BCUT2D eigenvalue weighted by atomic mass is 10.3. The van der Waals surface area contributed by atoms with Crippen molar-refractivity contribution < 1.29 is 19.1 Å². The van der Waals surface area contributed by atoms with Gasteiger partial charge in [-0.3, -0.25) is 14.5 Å². The standard InChI is InChI=1S/C18H34N6O4/c1-3-19-18(21-14-16(25)20-4-11-27-2)24-7-5-22(6-8-24)15-17(26)23-9-12-28-13-10-23/h3-15H2,1-2H3,(H,19,21)(H,20,25). The van der Waals surface area contributed by atoms with Gasteiger partial charge in [0.05, 0.1) is 26.4 Å². The molecule has 0 aromatic carbocycles. The minimum atomic E-state index is -0.123. The van der Waals surface area contributed by atoms with Crippen molar-refractivity contribution >= 4 is 17.8 Å². The van der Waals surface area contributed by atoms with Gasteiger partial charge in [0.1, 0.15) is 6.54 Å². The number of rotatable bonds is 8. The summed E-state index contributed by atoms with van der Waals surface area (Å²) in [5.74, 6) is 0.788. The Morgan fingerprint density at radius 3 is 2.39 bits per heavy atom. The van der Waals surface area contributed by atoms with Crippen LogP contribution in [0.15, 0.2) is 4.99 Å². The van der Waals surface area contributed by atoms with E-state index < -0.39 is 0 Å². The molecule has 0 aromatic heterocycles. The third-order valence-electron chi connectivity index (χ3n) is 4.73. The highest BCUT2D eigenvalue weighted by atomic mass is 16.5. The van der Waals surface area contributed by atoms with Crippen LogP contribution in [0, 0.1) is 0 Å². The van der Waals surface area contributed by atoms with Gasteiger partial charge in [-0.15, -0.1) is 0 Å². The van der Waals surface area contributed by atoms with E-state index in [0.717, 1.165) is 38.7 Å². The lowest BCUT2D eigenvalue weighted by molar-refractivity contribution is -0.136. The molecule has 0 unspecified atom stereocenters. The monoisotopic (exact) mass is 398 g/mol. The number of nitrogens with one attached hydrogen (secondary N) is 2. The summed E-state index contributed by atoms with van der Waals surface area (Å²) >= 11 is 0. The third kappa shape index (κ3) is 7.61. The lowest BCUT2D eigenvalue weighted by Crippen LogP contribution is -2.55. The van der Waals surface area contributed by atoms with Crippen molar-refractivity contribution in [2.75, 3.05) is 92.4 Å². The van der Waals surface area contributed by atoms with Gasteiger partial charge in [0.25, 0.3) is 0 Å². The minimum absolute atomic E-state index is 0.0851. The maximum atomic E-state index is 12.4. The van der Waals surface area contributed by atoms with E-state index in [-0.39, 0.29) is 18.4 Å². The Bertz CT molecular complexity index is 516. The zero-order valence-electron chi connectivity index (χ0n) is 17.1. The first kappa shape index (κ1) is 22.4. The van der Waals surface area contributed by atoms with Crippen molar-refractivity contribution in [3.05, 3.63) is 0 Å². The van der Waals surface area contributed by atoms with E-state index in [0.29, 0.717) is 46.0 Å². The first-order valence-electron chi connectivity index (χ1n) is 10.0. The average molecular weight is 399 g/mol. The molecule has 2 amide bonds. The molecule has 0 aromatic rings. The zero-order valence-corrected chi connectivity index (χ0v) is 17.1. The van der Waals surface area contributed by atoms with Crippen LogP contribution in [0.25, 0.3) is 0 Å². The van der Waals surface area contributed by atoms with E-state index in [4.69, 9.17) is 9.47 Å². The largest absolute Gasteiger partial charge is 0.383 e. The maximum absolute atomic E-state index is 12.4. The number of carbonyl (C=O) groups is 2. The smallest absolute Gasteiger partial charge is 0.241 e. The molecular formula is C18H34N6O4. The van der Waals surface area contributed by atoms with Crippen molar-refractivity contribution in [2.45, 2.75) is 6.92 Å². The Morgan fingerprint density at radius 1 is 1.04 bits per heavy atom. The number of carbonyl (C=O) groups excluding carboxylic acids is 2. The molecule has 2 heterocycles. The van der Waals surface area contributed by atoms with Crippen molar-refractivity contribution in [3.63, 3.8) is 0 Å². The van der Waals surface area contributed by atoms with Gasteiger partial charge >= 0.3 is 0 Å². The highest BCUT2D eigenvalue weighted by molar-refractivity contribution is 5.85. The molecule has 0 radical (unpaired) electrons. The summed E-state index contributed by atoms with van der Waals surface area (Å²) in [7, 11) is 1.60. The van der Waals surface area contributed by atoms with Gasteiger partial charge in [-0.25, -0.2) is 4.99 Å². The maximum Gasteiger partial charge on any atom is 0.241 e. The lowest BCUT2D eigenvalue weighted by Gasteiger charge is -2.37. The molecule has 160 valence electrons. The summed E-state index contributed by atoms with van der Waals surface area (Å²) in [5, 5.41) is 6.01. The van der Waals surface area contributed by atoms with Crippen LogP contribution in [0.4, 0.5) is 0 Å². The second kappa shape index (κ2) is 12.5. The number of guanidine groups is 1. The first-order chi connectivity index (χ1) is 13.6. The van der Waals surface area contributed by atoms with Gasteiger partial charge in [-0.05, 0) is 6.92 Å². The fourth-order valence-electron chi connectivity index (χ4n) is 3.14. The molecule has 2 fully saturated rings. The molecule has 28 heavy (non-hydrogen) atoms. The Morgan fingerprint density at radius 2 is 1.75 bits per heavy atom. The fourth-order valence-corrected chi connectivity index (χ4v) is 3.14. The van der Waals surface area contributed by atoms with Crippen LogP contribution in [0.2, 0.25) is 0 Å². The fraction of sp³-hybridized carbons (Fsp3) is 0.833. The molecule has 2 rings (SSSR count). The van der Waals surface area contributed by atoms with Gasteiger partial charge < -0.3 is 29.9 Å². The molecule has 0 bridgehead atoms. The van der Waals surface area contributed by atoms with Crippen molar-refractivity contribution in [1.82, 2.24) is 25.3 Å². The van der Waals surface area contributed by atoms with Crippen LogP contribution in [0.1, 0.15) is 6.92 Å². The van der Waals surface area contributed by atoms with Crippen LogP contribution in [-0.4, -0.2) is 125 Å². The van der Waals surface area contributed by atoms with Crippen LogP contribution in [0.3, 0.4) is 0 Å². The van der Waals surface area contributed by atoms with E-state index in [1.165, 1.54) is 0 Å². The molecule has 2 aliphatic rings. The predicted molar refractivity (Wildman–Crippen MR) is 106 cm³/mol. The second-order valence-electron chi connectivity index (χ2n) is 6.77. The number of hydrogen-bond acceptors (Lipinski definition) is 6. The van der Waals surface area contributed by atoms with Gasteiger partial charge in [0.15, 0.2) is 5.96 Å². The molecule has 2 N–H and O–H groups in total. The topological polar surface area (TPSA) is 98.7 Å². The number of ether oxygens (including phenoxy) is 2. The summed E-state index contributed by atoms with van der Waals surface area (Å²) in [4.78, 5) is 34.9. The summed E-state index contributed by atoms with van der Waals surface area (Å²) in [6, 6.07) is 0. The number of methoxy groups -OCH3 is 1. The summed E-state index contributed by atoms with van der Waals surface area (Å²) in [6.45, 7) is 9.99. The number of piperazine rings is 1. The number of hydrogen-bond donors (Lipinski definition) is 2. The molecule has 2 saturated heterocycles. The molecule has 0 spiro atoms. The van der Waals surface area contributed by atoms with E-state index >= 15 is 0 Å². The zero-order chi connectivity index (χ0) is 20.2. The van der Waals surface area contributed by atoms with Crippen molar-refractivity contribution in [3.8, 4) is 0 Å². The highest BCUT2D eigenvalue weighted by Gasteiger charge is 2.24. The van der Waals surface area contributed by atoms with E-state index in [9.17, 15) is 9.59 Å². The van der Waals surface area contributed by atoms with Crippen LogP contribution < -0.4 is 10.6 Å². The Balaban J connectivity index is 1.76. The van der Waals surface area contributed by atoms with Gasteiger partial charge in [0, 0.05) is 59.5 Å². The highest BCUT2D eigenvalue weighted by Crippen LogP contribution is 2.05. The van der Waals surface area contributed by atoms with Crippen LogP contribution in [-0.2, 0) is 19.1 Å². The molecule has 0 atom stereocenters. The molecular weight excluding hydrogens is 364 g/mol. The Kier molecular flexibility index (Phi) is 10.0. The van der Waals surface area contributed by atoms with Gasteiger partial charge in [-0.2, -0.15) is 0 Å². The third-order valence-corrected chi connectivity index (χ3v) is 4.73. The van der Waals surface area contributed by atoms with Crippen LogP contribution >= 0.6 is 0 Å². The Hall–Kier alpha value is -1.91. The summed E-state index contributed by atoms with van der Waals surface area (Å²) in [5.41, 5.74) is 0. The molecule has 10 nitrogen and oxygen atoms in total. The molecule has 0 saturated carbocycles. The van der Waals surface area contributed by atoms with Gasteiger partial charge in [0.2, 0.25) is 11.8 Å². The quantitative estimate of drug-likeness (QED) is 0.283. The first-order valence-corrected chi connectivity index (χ1v) is 10.0. The average Bonchev–Trinajstić information content (AvgIpc) is 2.72.